The predicted octanol–water partition coefficient (Wildman–Crippen LogP) is 2.16. The third kappa shape index (κ3) is 1.70. The number of pyridine rings is 1. The quantitative estimate of drug-likeness (QED) is 0.658. The zero-order valence-corrected chi connectivity index (χ0v) is 9.78. The molecule has 0 aliphatic rings. The summed E-state index contributed by atoms with van der Waals surface area (Å²) in [5.74, 6) is 0.573. The van der Waals surface area contributed by atoms with E-state index in [1.165, 1.54) is 10.9 Å². The number of benzene rings is 1. The highest BCUT2D eigenvalue weighted by molar-refractivity contribution is 5.79. The van der Waals surface area contributed by atoms with Gasteiger partial charge in [0.25, 0.3) is 0 Å². The third-order valence-electron chi connectivity index (χ3n) is 2.81. The summed E-state index contributed by atoms with van der Waals surface area (Å²) < 4.78 is 1.52. The van der Waals surface area contributed by atoms with E-state index in [-0.39, 0.29) is 11.4 Å². The van der Waals surface area contributed by atoms with Crippen LogP contribution >= 0.6 is 0 Å². The van der Waals surface area contributed by atoms with Crippen molar-refractivity contribution in [2.24, 2.45) is 0 Å². The molecule has 0 aliphatic heterocycles. The summed E-state index contributed by atoms with van der Waals surface area (Å²) in [7, 11) is 0. The molecule has 5 heteroatoms. The maximum absolute atomic E-state index is 9.10. The fourth-order valence-corrected chi connectivity index (χ4v) is 1.90. The summed E-state index contributed by atoms with van der Waals surface area (Å²) in [5, 5.41) is 19.0. The fourth-order valence-electron chi connectivity index (χ4n) is 1.90. The van der Waals surface area contributed by atoms with Crippen molar-refractivity contribution >= 4 is 10.9 Å². The highest BCUT2D eigenvalue weighted by Crippen LogP contribution is 2.16. The van der Waals surface area contributed by atoms with Gasteiger partial charge in [-0.2, -0.15) is 10.5 Å². The molecule has 5 nitrogen and oxygen atoms in total. The third-order valence-corrected chi connectivity index (χ3v) is 2.81. The average molecular weight is 245 g/mol. The molecule has 0 N–H and O–H groups in total. The summed E-state index contributed by atoms with van der Waals surface area (Å²) in [5.41, 5.74) is 1.14. The minimum Gasteiger partial charge on any atom is -0.273 e. The van der Waals surface area contributed by atoms with Gasteiger partial charge in [0.15, 0.2) is 11.4 Å². The molecule has 0 saturated carbocycles. The van der Waals surface area contributed by atoms with Crippen LogP contribution in [0.25, 0.3) is 16.7 Å². The Labute approximate surface area is 109 Å². The van der Waals surface area contributed by atoms with Gasteiger partial charge in [-0.05, 0) is 18.2 Å². The summed E-state index contributed by atoms with van der Waals surface area (Å²) >= 11 is 0. The fraction of sp³-hybridized carbons (Fsp3) is 0. The number of nitriles is 2. The lowest BCUT2D eigenvalue weighted by Crippen LogP contribution is -1.99. The zero-order chi connectivity index (χ0) is 13.2. The van der Waals surface area contributed by atoms with Crippen molar-refractivity contribution in [1.29, 1.82) is 10.5 Å². The lowest BCUT2D eigenvalue weighted by molar-refractivity contribution is 0.988. The molecule has 0 fully saturated rings. The van der Waals surface area contributed by atoms with E-state index in [9.17, 15) is 0 Å². The number of hydrogen-bond acceptors (Lipinski definition) is 4. The Morgan fingerprint density at radius 3 is 2.63 bits per heavy atom. The maximum atomic E-state index is 9.10. The van der Waals surface area contributed by atoms with Crippen LogP contribution in [0.15, 0.2) is 42.7 Å². The van der Waals surface area contributed by atoms with Crippen LogP contribution in [0.4, 0.5) is 0 Å². The van der Waals surface area contributed by atoms with Crippen LogP contribution in [0.2, 0.25) is 0 Å². The molecule has 3 aromatic rings. The van der Waals surface area contributed by atoms with Gasteiger partial charge in [-0.3, -0.25) is 4.57 Å². The van der Waals surface area contributed by atoms with Crippen molar-refractivity contribution in [2.75, 3.05) is 0 Å². The van der Waals surface area contributed by atoms with Crippen LogP contribution < -0.4 is 0 Å². The first-order valence-electron chi connectivity index (χ1n) is 5.57. The SMILES string of the molecule is N#Cc1ncn(-c2ccc3ccccc3n2)c1C#N. The van der Waals surface area contributed by atoms with Crippen molar-refractivity contribution in [3.05, 3.63) is 54.1 Å². The molecule has 3 rings (SSSR count). The van der Waals surface area contributed by atoms with E-state index in [1.54, 1.807) is 6.07 Å². The van der Waals surface area contributed by atoms with Gasteiger partial charge in [-0.1, -0.05) is 18.2 Å². The largest absolute Gasteiger partial charge is 0.273 e. The number of aromatic nitrogens is 3. The second-order valence-electron chi connectivity index (χ2n) is 3.90. The van der Waals surface area contributed by atoms with Crippen LogP contribution in [0.1, 0.15) is 11.4 Å². The van der Waals surface area contributed by atoms with Gasteiger partial charge in [-0.15, -0.1) is 0 Å². The highest BCUT2D eigenvalue weighted by Gasteiger charge is 2.12. The Morgan fingerprint density at radius 1 is 1.00 bits per heavy atom. The molecular formula is C14H7N5. The molecule has 0 radical (unpaired) electrons. The molecule has 0 unspecified atom stereocenters. The second-order valence-corrected chi connectivity index (χ2v) is 3.90. The molecule has 0 saturated heterocycles. The Bertz CT molecular complexity index is 848. The van der Waals surface area contributed by atoms with Crippen LogP contribution in [-0.2, 0) is 0 Å². The molecule has 2 heterocycles. The Kier molecular flexibility index (Phi) is 2.45. The number of imidazole rings is 1. The number of para-hydroxylation sites is 1. The molecule has 0 atom stereocenters. The number of fused-ring (bicyclic) bond motifs is 1. The van der Waals surface area contributed by atoms with Crippen molar-refractivity contribution in [2.45, 2.75) is 0 Å². The van der Waals surface area contributed by atoms with E-state index in [4.69, 9.17) is 10.5 Å². The van der Waals surface area contributed by atoms with Crippen molar-refractivity contribution in [3.8, 4) is 18.0 Å². The Morgan fingerprint density at radius 2 is 1.84 bits per heavy atom. The average Bonchev–Trinajstić information content (AvgIpc) is 2.89. The topological polar surface area (TPSA) is 78.3 Å². The molecule has 0 spiro atoms. The van der Waals surface area contributed by atoms with Gasteiger partial charge in [0.05, 0.1) is 5.52 Å². The molecule has 19 heavy (non-hydrogen) atoms. The normalized spacial score (nSPS) is 10.0. The first-order chi connectivity index (χ1) is 9.33. The van der Waals surface area contributed by atoms with E-state index < -0.39 is 0 Å². The maximum Gasteiger partial charge on any atom is 0.177 e. The lowest BCUT2D eigenvalue weighted by Gasteiger charge is -2.04. The molecule has 0 aliphatic carbocycles. The van der Waals surface area contributed by atoms with E-state index in [0.717, 1.165) is 10.9 Å². The molecule has 1 aromatic carbocycles. The standard InChI is InChI=1S/C14H7N5/c15-7-12-13(8-16)19(9-17-12)14-6-5-10-3-1-2-4-11(10)18-14/h1-6,9H. The minimum atomic E-state index is 0.109. The van der Waals surface area contributed by atoms with Crippen molar-refractivity contribution in [3.63, 3.8) is 0 Å². The highest BCUT2D eigenvalue weighted by atomic mass is 15.1. The summed E-state index contributed by atoms with van der Waals surface area (Å²) in [4.78, 5) is 8.37. The summed E-state index contributed by atoms with van der Waals surface area (Å²) in [6.45, 7) is 0. The van der Waals surface area contributed by atoms with Crippen LogP contribution in [-0.4, -0.2) is 14.5 Å². The predicted molar refractivity (Wildman–Crippen MR) is 68.3 cm³/mol. The Balaban J connectivity index is 2.23. The van der Waals surface area contributed by atoms with Gasteiger partial charge in [-0.25, -0.2) is 9.97 Å². The van der Waals surface area contributed by atoms with Crippen LogP contribution in [0.5, 0.6) is 0 Å². The van der Waals surface area contributed by atoms with Gasteiger partial charge >= 0.3 is 0 Å². The second kappa shape index (κ2) is 4.25. The van der Waals surface area contributed by atoms with Gasteiger partial charge in [0.2, 0.25) is 0 Å². The minimum absolute atomic E-state index is 0.109. The van der Waals surface area contributed by atoms with Crippen LogP contribution in [0.3, 0.4) is 0 Å². The molecule has 2 aromatic heterocycles. The summed E-state index contributed by atoms with van der Waals surface area (Å²) in [6, 6.07) is 15.3. The van der Waals surface area contributed by atoms with Crippen molar-refractivity contribution in [1.82, 2.24) is 14.5 Å². The first kappa shape index (κ1) is 10.9. The summed E-state index contributed by atoms with van der Waals surface area (Å²) in [6.07, 6.45) is 1.44. The van der Waals surface area contributed by atoms with Crippen LogP contribution in [0, 0.1) is 22.7 Å². The molecule has 0 amide bonds. The van der Waals surface area contributed by atoms with E-state index in [2.05, 4.69) is 9.97 Å². The number of rotatable bonds is 1. The van der Waals surface area contributed by atoms with E-state index in [0.29, 0.717) is 5.82 Å². The smallest absolute Gasteiger partial charge is 0.177 e. The Hall–Kier alpha value is -3.18. The van der Waals surface area contributed by atoms with E-state index >= 15 is 0 Å². The van der Waals surface area contributed by atoms with Gasteiger partial charge < -0.3 is 0 Å². The van der Waals surface area contributed by atoms with E-state index in [1.807, 2.05) is 42.5 Å². The van der Waals surface area contributed by atoms with Gasteiger partial charge in [0.1, 0.15) is 24.3 Å². The molecular weight excluding hydrogens is 238 g/mol. The number of nitrogens with zero attached hydrogens (tertiary/aromatic N) is 5. The molecule has 88 valence electrons. The first-order valence-corrected chi connectivity index (χ1v) is 5.57. The molecule has 0 bridgehead atoms. The zero-order valence-electron chi connectivity index (χ0n) is 9.78. The van der Waals surface area contributed by atoms with Gasteiger partial charge in [0, 0.05) is 5.39 Å². The lowest BCUT2D eigenvalue weighted by atomic mass is 10.2. The number of hydrogen-bond donors (Lipinski definition) is 0. The monoisotopic (exact) mass is 245 g/mol. The van der Waals surface area contributed by atoms with Crippen molar-refractivity contribution < 1.29 is 0 Å².